The fourth-order valence-corrected chi connectivity index (χ4v) is 3.51. The summed E-state index contributed by atoms with van der Waals surface area (Å²) in [6.45, 7) is 1.91. The van der Waals surface area contributed by atoms with Gasteiger partial charge in [0.05, 0.1) is 14.2 Å². The minimum absolute atomic E-state index is 0.00201. The zero-order valence-corrected chi connectivity index (χ0v) is 14.6. The number of amides is 1. The van der Waals surface area contributed by atoms with Crippen LogP contribution in [0.2, 0.25) is 0 Å². The number of rotatable bonds is 5. The monoisotopic (exact) mass is 340 g/mol. The molecule has 2 aromatic rings. The number of benzene rings is 2. The van der Waals surface area contributed by atoms with Crippen molar-refractivity contribution in [3.05, 3.63) is 59.7 Å². The summed E-state index contributed by atoms with van der Waals surface area (Å²) in [5.41, 5.74) is 7.81. The summed E-state index contributed by atoms with van der Waals surface area (Å²) in [5, 5.41) is 0. The first-order valence-corrected chi connectivity index (χ1v) is 8.44. The Morgan fingerprint density at radius 1 is 1.08 bits per heavy atom. The molecule has 1 aliphatic heterocycles. The van der Waals surface area contributed by atoms with Crippen molar-refractivity contribution in [2.45, 2.75) is 5.92 Å². The number of hydrogen-bond donors (Lipinski definition) is 1. The summed E-state index contributed by atoms with van der Waals surface area (Å²) in [6.07, 6.45) is 0. The molecule has 1 aliphatic rings. The van der Waals surface area contributed by atoms with Gasteiger partial charge in [-0.3, -0.25) is 4.79 Å². The van der Waals surface area contributed by atoms with Gasteiger partial charge < -0.3 is 20.1 Å². The Kier molecular flexibility index (Phi) is 5.24. The van der Waals surface area contributed by atoms with E-state index in [4.69, 9.17) is 15.2 Å². The fourth-order valence-electron chi connectivity index (χ4n) is 3.51. The molecule has 0 bridgehead atoms. The van der Waals surface area contributed by atoms with E-state index in [1.807, 2.05) is 23.1 Å². The van der Waals surface area contributed by atoms with Gasteiger partial charge in [0.25, 0.3) is 5.91 Å². The highest BCUT2D eigenvalue weighted by Crippen LogP contribution is 2.34. The third kappa shape index (κ3) is 3.46. The third-order valence-electron chi connectivity index (χ3n) is 4.89. The second-order valence-corrected chi connectivity index (χ2v) is 6.29. The van der Waals surface area contributed by atoms with E-state index in [0.29, 0.717) is 36.7 Å². The van der Waals surface area contributed by atoms with E-state index < -0.39 is 0 Å². The predicted octanol–water partition coefficient (Wildman–Crippen LogP) is 2.52. The van der Waals surface area contributed by atoms with E-state index in [0.717, 1.165) is 0 Å². The van der Waals surface area contributed by atoms with Crippen molar-refractivity contribution in [3.8, 4) is 11.5 Å². The Bertz CT molecular complexity index is 733. The largest absolute Gasteiger partial charge is 0.493 e. The van der Waals surface area contributed by atoms with E-state index in [1.165, 1.54) is 5.56 Å². The molecule has 2 aromatic carbocycles. The first kappa shape index (κ1) is 17.3. The van der Waals surface area contributed by atoms with Crippen LogP contribution < -0.4 is 15.2 Å². The maximum atomic E-state index is 12.9. The van der Waals surface area contributed by atoms with Gasteiger partial charge in [-0.15, -0.1) is 0 Å². The van der Waals surface area contributed by atoms with E-state index in [-0.39, 0.29) is 17.7 Å². The SMILES string of the molecule is COc1ccc(C(=O)N2C[C@@H](CN)[C@H](c3ccccc3)C2)cc1OC. The van der Waals surface area contributed by atoms with Gasteiger partial charge in [0.1, 0.15) is 0 Å². The quantitative estimate of drug-likeness (QED) is 0.908. The van der Waals surface area contributed by atoms with Crippen LogP contribution in [0.5, 0.6) is 11.5 Å². The average Bonchev–Trinajstić information content (AvgIpc) is 3.12. The smallest absolute Gasteiger partial charge is 0.254 e. The predicted molar refractivity (Wildman–Crippen MR) is 97.2 cm³/mol. The van der Waals surface area contributed by atoms with Crippen molar-refractivity contribution >= 4 is 5.91 Å². The van der Waals surface area contributed by atoms with E-state index in [2.05, 4.69) is 12.1 Å². The topological polar surface area (TPSA) is 64.8 Å². The molecule has 0 radical (unpaired) electrons. The average molecular weight is 340 g/mol. The summed E-state index contributed by atoms with van der Waals surface area (Å²) in [4.78, 5) is 14.8. The maximum Gasteiger partial charge on any atom is 0.254 e. The van der Waals surface area contributed by atoms with Crippen LogP contribution in [0.4, 0.5) is 0 Å². The second-order valence-electron chi connectivity index (χ2n) is 6.29. The molecule has 0 unspecified atom stereocenters. The number of carbonyl (C=O) groups excluding carboxylic acids is 1. The van der Waals surface area contributed by atoms with Crippen LogP contribution in [0, 0.1) is 5.92 Å². The number of nitrogens with two attached hydrogens (primary N) is 1. The first-order chi connectivity index (χ1) is 12.2. The van der Waals surface area contributed by atoms with Crippen LogP contribution in [-0.2, 0) is 0 Å². The zero-order valence-electron chi connectivity index (χ0n) is 14.6. The lowest BCUT2D eigenvalue weighted by molar-refractivity contribution is 0.0786. The molecule has 1 amide bonds. The molecule has 2 atom stereocenters. The highest BCUT2D eigenvalue weighted by molar-refractivity contribution is 5.95. The summed E-state index contributed by atoms with van der Waals surface area (Å²) < 4.78 is 10.5. The Hall–Kier alpha value is -2.53. The number of hydrogen-bond acceptors (Lipinski definition) is 4. The summed E-state index contributed by atoms with van der Waals surface area (Å²) >= 11 is 0. The summed E-state index contributed by atoms with van der Waals surface area (Å²) in [6, 6.07) is 15.5. The number of likely N-dealkylation sites (tertiary alicyclic amines) is 1. The van der Waals surface area contributed by atoms with Crippen LogP contribution in [0.25, 0.3) is 0 Å². The lowest BCUT2D eigenvalue weighted by Crippen LogP contribution is -2.29. The van der Waals surface area contributed by atoms with E-state index in [9.17, 15) is 4.79 Å². The molecule has 0 aliphatic carbocycles. The fraction of sp³-hybridized carbons (Fsp3) is 0.350. The molecule has 2 N–H and O–H groups in total. The molecule has 0 saturated carbocycles. The van der Waals surface area contributed by atoms with Gasteiger partial charge in [0.2, 0.25) is 0 Å². The highest BCUT2D eigenvalue weighted by atomic mass is 16.5. The molecule has 1 heterocycles. The van der Waals surface area contributed by atoms with Crippen LogP contribution in [0.1, 0.15) is 21.8 Å². The number of nitrogens with zero attached hydrogens (tertiary/aromatic N) is 1. The molecule has 5 nitrogen and oxygen atoms in total. The molecule has 1 saturated heterocycles. The van der Waals surface area contributed by atoms with E-state index in [1.54, 1.807) is 32.4 Å². The minimum atomic E-state index is -0.00201. The van der Waals surface area contributed by atoms with Gasteiger partial charge in [-0.25, -0.2) is 0 Å². The maximum absolute atomic E-state index is 12.9. The Labute approximate surface area is 148 Å². The van der Waals surface area contributed by atoms with E-state index >= 15 is 0 Å². The first-order valence-electron chi connectivity index (χ1n) is 8.44. The standard InChI is InChI=1S/C20H24N2O3/c1-24-18-9-8-15(10-19(18)25-2)20(23)22-12-16(11-21)17(13-22)14-6-4-3-5-7-14/h3-10,16-17H,11-13,21H2,1-2H3/t16-,17+/m1/s1. The number of ether oxygens (including phenoxy) is 2. The van der Waals surface area contributed by atoms with Gasteiger partial charge in [0, 0.05) is 24.6 Å². The molecular weight excluding hydrogens is 316 g/mol. The third-order valence-corrected chi connectivity index (χ3v) is 4.89. The minimum Gasteiger partial charge on any atom is -0.493 e. The normalized spacial score (nSPS) is 19.7. The molecule has 0 aromatic heterocycles. The van der Waals surface area contributed by atoms with Gasteiger partial charge in [-0.05, 0) is 36.2 Å². The summed E-state index contributed by atoms with van der Waals surface area (Å²) in [7, 11) is 3.15. The van der Waals surface area contributed by atoms with Crippen molar-refractivity contribution in [3.63, 3.8) is 0 Å². The van der Waals surface area contributed by atoms with Crippen molar-refractivity contribution in [1.82, 2.24) is 4.90 Å². The van der Waals surface area contributed by atoms with Gasteiger partial charge in [-0.2, -0.15) is 0 Å². The van der Waals surface area contributed by atoms with Crippen molar-refractivity contribution in [2.24, 2.45) is 11.7 Å². The van der Waals surface area contributed by atoms with Gasteiger partial charge in [0.15, 0.2) is 11.5 Å². The Balaban J connectivity index is 1.81. The Morgan fingerprint density at radius 2 is 1.80 bits per heavy atom. The molecule has 1 fully saturated rings. The summed E-state index contributed by atoms with van der Waals surface area (Å²) in [5.74, 6) is 1.71. The second kappa shape index (κ2) is 7.57. The molecule has 0 spiro atoms. The van der Waals surface area contributed by atoms with Gasteiger partial charge >= 0.3 is 0 Å². The van der Waals surface area contributed by atoms with Crippen LogP contribution in [0.15, 0.2) is 48.5 Å². The highest BCUT2D eigenvalue weighted by Gasteiger charge is 2.35. The molecule has 132 valence electrons. The zero-order chi connectivity index (χ0) is 17.8. The number of carbonyl (C=O) groups is 1. The lowest BCUT2D eigenvalue weighted by Gasteiger charge is -2.18. The molecular formula is C20H24N2O3. The Morgan fingerprint density at radius 3 is 2.44 bits per heavy atom. The van der Waals surface area contributed by atoms with Crippen LogP contribution in [-0.4, -0.2) is 44.7 Å². The van der Waals surface area contributed by atoms with Gasteiger partial charge in [-0.1, -0.05) is 30.3 Å². The van der Waals surface area contributed by atoms with Crippen molar-refractivity contribution in [1.29, 1.82) is 0 Å². The van der Waals surface area contributed by atoms with Crippen LogP contribution in [0.3, 0.4) is 0 Å². The lowest BCUT2D eigenvalue weighted by atomic mass is 9.89. The van der Waals surface area contributed by atoms with Crippen molar-refractivity contribution in [2.75, 3.05) is 33.9 Å². The number of methoxy groups -OCH3 is 2. The molecule has 3 rings (SSSR count). The van der Waals surface area contributed by atoms with Crippen molar-refractivity contribution < 1.29 is 14.3 Å². The molecule has 25 heavy (non-hydrogen) atoms. The van der Waals surface area contributed by atoms with Crippen LogP contribution >= 0.6 is 0 Å². The molecule has 5 heteroatoms.